The van der Waals surface area contributed by atoms with Crippen LogP contribution in [0.3, 0.4) is 0 Å². The van der Waals surface area contributed by atoms with Gasteiger partial charge < -0.3 is 14.6 Å². The predicted molar refractivity (Wildman–Crippen MR) is 127 cm³/mol. The zero-order valence-electron chi connectivity index (χ0n) is 19.6. The summed E-state index contributed by atoms with van der Waals surface area (Å²) in [4.78, 5) is 25.2. The molecule has 5 rings (SSSR count). The smallest absolute Gasteiger partial charge is 0.310 e. The molecule has 0 bridgehead atoms. The lowest BCUT2D eigenvalue weighted by Gasteiger charge is -2.40. The number of carbonyl (C=O) groups excluding carboxylic acids is 1. The molecule has 6 nitrogen and oxygen atoms in total. The monoisotopic (exact) mass is 530 g/mol. The molecule has 3 aromatic rings. The van der Waals surface area contributed by atoms with Crippen LogP contribution in [0, 0.1) is 0 Å². The van der Waals surface area contributed by atoms with Crippen molar-refractivity contribution in [1.82, 2.24) is 19.9 Å². The Kier molecular flexibility index (Phi) is 5.64. The lowest BCUT2D eigenvalue weighted by atomic mass is 9.85. The molecule has 0 aliphatic carbocycles. The van der Waals surface area contributed by atoms with E-state index in [2.05, 4.69) is 9.97 Å². The Bertz CT molecular complexity index is 1290. The maximum absolute atomic E-state index is 13.0. The summed E-state index contributed by atoms with van der Waals surface area (Å²) in [5.74, 6) is 0.848. The number of imidazole rings is 1. The molecule has 2 aromatic heterocycles. The number of ether oxygens (including phenoxy) is 1. The van der Waals surface area contributed by atoms with Gasteiger partial charge in [0.2, 0.25) is 0 Å². The number of carbonyl (C=O) groups is 1. The van der Waals surface area contributed by atoms with E-state index in [0.717, 1.165) is 47.5 Å². The molecule has 2 unspecified atom stereocenters. The molecular formula is C24H27F5N4O2S. The zero-order valence-corrected chi connectivity index (χ0v) is 20.4. The highest BCUT2D eigenvalue weighted by molar-refractivity contribution is 8.45. The molecule has 0 radical (unpaired) electrons. The summed E-state index contributed by atoms with van der Waals surface area (Å²) in [5, 5.41) is 0. The topological polar surface area (TPSA) is 71.1 Å². The van der Waals surface area contributed by atoms with E-state index >= 15 is 0 Å². The lowest BCUT2D eigenvalue weighted by molar-refractivity contribution is 0.0616. The van der Waals surface area contributed by atoms with Gasteiger partial charge in [-0.15, -0.1) is 0 Å². The Morgan fingerprint density at radius 3 is 2.36 bits per heavy atom. The van der Waals surface area contributed by atoms with Gasteiger partial charge in [-0.2, -0.15) is 0 Å². The van der Waals surface area contributed by atoms with Crippen molar-refractivity contribution >= 4 is 27.3 Å². The van der Waals surface area contributed by atoms with Crippen molar-refractivity contribution < 1.29 is 29.0 Å². The fourth-order valence-corrected chi connectivity index (χ4v) is 5.87. The Morgan fingerprint density at radius 2 is 1.72 bits per heavy atom. The van der Waals surface area contributed by atoms with Gasteiger partial charge in [-0.3, -0.25) is 4.79 Å². The standard InChI is InChI=1S/C24H27F5N4O2S/c1-15-14-18(20-6-10-30-23-21(20)31-22(32-23)16-8-12-35-13-9-16)7-11-33(15)24(34)17-2-4-19(5-3-17)36(25,26,27,28)29/h2-6,10,15-16,18H,7-9,11-14H2,1H3,(H,30,31,32). The van der Waals surface area contributed by atoms with Crippen molar-refractivity contribution in [1.29, 1.82) is 0 Å². The number of pyridine rings is 1. The van der Waals surface area contributed by atoms with E-state index in [4.69, 9.17) is 9.72 Å². The first-order valence-electron chi connectivity index (χ1n) is 11.9. The Balaban J connectivity index is 1.32. The van der Waals surface area contributed by atoms with Crippen LogP contribution in [-0.4, -0.2) is 51.6 Å². The maximum atomic E-state index is 13.0. The van der Waals surface area contributed by atoms with Crippen LogP contribution in [-0.2, 0) is 4.74 Å². The summed E-state index contributed by atoms with van der Waals surface area (Å²) >= 11 is 0. The van der Waals surface area contributed by atoms with E-state index < -0.39 is 21.0 Å². The van der Waals surface area contributed by atoms with Gasteiger partial charge in [0.05, 0.1) is 0 Å². The molecule has 196 valence electrons. The number of halogens is 5. The highest BCUT2D eigenvalue weighted by Crippen LogP contribution is 3.02. The number of nitrogens with zero attached hydrogens (tertiary/aromatic N) is 3. The van der Waals surface area contributed by atoms with Gasteiger partial charge in [0.15, 0.2) is 5.65 Å². The minimum atomic E-state index is -9.78. The largest absolute Gasteiger partial charge is 0.381 e. The summed E-state index contributed by atoms with van der Waals surface area (Å²) in [7, 11) is -9.78. The Hall–Kier alpha value is -2.73. The second kappa shape index (κ2) is 8.14. The molecule has 2 atom stereocenters. The number of piperidine rings is 1. The molecule has 36 heavy (non-hydrogen) atoms. The number of amides is 1. The van der Waals surface area contributed by atoms with Gasteiger partial charge in [-0.25, -0.2) is 9.97 Å². The van der Waals surface area contributed by atoms with Crippen LogP contribution in [0.25, 0.3) is 11.2 Å². The normalized spacial score (nSPS) is 23.9. The van der Waals surface area contributed by atoms with Crippen molar-refractivity contribution in [3.8, 4) is 0 Å². The molecule has 0 spiro atoms. The van der Waals surface area contributed by atoms with Gasteiger partial charge >= 0.3 is 10.2 Å². The molecule has 0 saturated carbocycles. The number of hydrogen-bond acceptors (Lipinski definition) is 4. The summed E-state index contributed by atoms with van der Waals surface area (Å²) < 4.78 is 70.5. The van der Waals surface area contributed by atoms with Gasteiger partial charge in [-0.05, 0) is 74.4 Å². The van der Waals surface area contributed by atoms with Crippen LogP contribution in [0.1, 0.15) is 66.2 Å². The number of rotatable bonds is 4. The number of benzene rings is 1. The summed E-state index contributed by atoms with van der Waals surface area (Å²) in [5.41, 5.74) is 2.55. The number of H-pyrrole nitrogens is 1. The molecule has 2 aliphatic rings. The second-order valence-electron chi connectivity index (χ2n) is 9.67. The third-order valence-electron chi connectivity index (χ3n) is 7.17. The highest BCUT2D eigenvalue weighted by Gasteiger charge is 2.65. The van der Waals surface area contributed by atoms with Gasteiger partial charge in [-0.1, -0.05) is 19.4 Å². The summed E-state index contributed by atoms with van der Waals surface area (Å²) in [6.07, 6.45) is 4.81. The highest BCUT2D eigenvalue weighted by atomic mass is 32.5. The van der Waals surface area contributed by atoms with Crippen LogP contribution in [0.4, 0.5) is 19.4 Å². The number of fused-ring (bicyclic) bond motifs is 1. The lowest BCUT2D eigenvalue weighted by Crippen LogP contribution is -2.44. The quantitative estimate of drug-likeness (QED) is 0.372. The maximum Gasteiger partial charge on any atom is 0.310 e. The van der Waals surface area contributed by atoms with Crippen LogP contribution in [0.2, 0.25) is 0 Å². The third kappa shape index (κ3) is 4.93. The van der Waals surface area contributed by atoms with E-state index in [1.54, 1.807) is 11.1 Å². The average Bonchev–Trinajstić information content (AvgIpc) is 3.27. The van der Waals surface area contributed by atoms with Crippen LogP contribution in [0.5, 0.6) is 0 Å². The number of nitrogens with one attached hydrogen (secondary N) is 1. The number of aromatic amines is 1. The fraction of sp³-hybridized carbons (Fsp3) is 0.458. The SMILES string of the molecule is CC1CC(c2ccnc3[nH]c(C4CCOCC4)nc23)CCN1C(=O)c1ccc(S(F)(F)(F)(F)F)cc1. The Morgan fingerprint density at radius 1 is 1.03 bits per heavy atom. The van der Waals surface area contributed by atoms with Crippen LogP contribution in [0.15, 0.2) is 41.4 Å². The van der Waals surface area contributed by atoms with E-state index in [1.165, 1.54) is 0 Å². The van der Waals surface area contributed by atoms with Crippen LogP contribution < -0.4 is 0 Å². The fourth-order valence-electron chi connectivity index (χ4n) is 5.22. The van der Waals surface area contributed by atoms with Gasteiger partial charge in [0.1, 0.15) is 16.2 Å². The third-order valence-corrected chi connectivity index (χ3v) is 8.33. The van der Waals surface area contributed by atoms with E-state index in [1.807, 2.05) is 13.0 Å². The average molecular weight is 531 g/mol. The number of aromatic nitrogens is 3. The first-order valence-corrected chi connectivity index (χ1v) is 13.8. The molecule has 1 N–H and O–H groups in total. The zero-order chi connectivity index (χ0) is 25.8. The number of hydrogen-bond donors (Lipinski definition) is 1. The van der Waals surface area contributed by atoms with Gasteiger partial charge in [0, 0.05) is 43.5 Å². The molecule has 12 heteroatoms. The summed E-state index contributed by atoms with van der Waals surface area (Å²) in [6.45, 7) is 3.67. The molecular weight excluding hydrogens is 503 g/mol. The van der Waals surface area contributed by atoms with Crippen molar-refractivity contribution in [2.75, 3.05) is 19.8 Å². The van der Waals surface area contributed by atoms with Crippen molar-refractivity contribution in [2.24, 2.45) is 0 Å². The molecule has 2 fully saturated rings. The molecule has 2 saturated heterocycles. The van der Waals surface area contributed by atoms with E-state index in [-0.39, 0.29) is 29.7 Å². The minimum absolute atomic E-state index is 0.0504. The van der Waals surface area contributed by atoms with Crippen molar-refractivity contribution in [3.05, 3.63) is 53.5 Å². The minimum Gasteiger partial charge on any atom is -0.381 e. The molecule has 4 heterocycles. The summed E-state index contributed by atoms with van der Waals surface area (Å²) in [6, 6.07) is 3.96. The van der Waals surface area contributed by atoms with Gasteiger partial charge in [0.25, 0.3) is 5.91 Å². The molecule has 2 aliphatic heterocycles. The predicted octanol–water partition coefficient (Wildman–Crippen LogP) is 6.92. The van der Waals surface area contributed by atoms with Crippen molar-refractivity contribution in [2.45, 2.75) is 55.4 Å². The molecule has 1 amide bonds. The number of likely N-dealkylation sites (tertiary alicyclic amines) is 1. The van der Waals surface area contributed by atoms with Crippen LogP contribution >= 0.6 is 10.2 Å². The molecule has 1 aromatic carbocycles. The first kappa shape index (κ1) is 24.9. The van der Waals surface area contributed by atoms with Crippen molar-refractivity contribution in [3.63, 3.8) is 0 Å². The Labute approximate surface area is 205 Å². The van der Waals surface area contributed by atoms with E-state index in [0.29, 0.717) is 38.5 Å². The first-order chi connectivity index (χ1) is 16.8. The van der Waals surface area contributed by atoms with E-state index in [9.17, 15) is 24.2 Å². The second-order valence-corrected chi connectivity index (χ2v) is 12.1.